The molecule has 9 nitrogen and oxygen atoms in total. The summed E-state index contributed by atoms with van der Waals surface area (Å²) in [5.41, 5.74) is 4.12. The minimum Gasteiger partial charge on any atom is -0.481 e. The first-order chi connectivity index (χ1) is 20.7. The molecule has 9 heteroatoms. The maximum atomic E-state index is 12.3. The van der Waals surface area contributed by atoms with Crippen LogP contribution in [0.25, 0.3) is 0 Å². The van der Waals surface area contributed by atoms with Gasteiger partial charge in [-0.15, -0.1) is 0 Å². The predicted octanol–water partition coefficient (Wildman–Crippen LogP) is 5.36. The molecule has 0 aromatic heterocycles. The molecule has 0 radical (unpaired) electrons. The fourth-order valence-electron chi connectivity index (χ4n) is 5.20. The van der Waals surface area contributed by atoms with Gasteiger partial charge in [0.15, 0.2) is 6.29 Å². The number of nitrogens with one attached hydrogen (secondary N) is 1. The van der Waals surface area contributed by atoms with Gasteiger partial charge in [0.2, 0.25) is 5.91 Å². The summed E-state index contributed by atoms with van der Waals surface area (Å²) in [6.07, 6.45) is 0.162. The standard InChI is InChI=1S/C34H42N2O7/c1-23(33(41)26-8-4-3-5-9-26)36(2)21-29-20-30(25-14-12-24(22-37)13-15-25)43-34(42-29)27-16-18-28(19-17-27)35-31(38)10-6-7-11-32(39)40/h3-5,8-9,12-19,23,29-30,33-34,37,41H,6-7,10-11,20-22H2,1-2H3,(H,35,38)(H,39,40). The highest BCUT2D eigenvalue weighted by atomic mass is 16.7. The van der Waals surface area contributed by atoms with E-state index in [1.807, 2.05) is 80.7 Å². The second-order valence-electron chi connectivity index (χ2n) is 11.2. The molecule has 230 valence electrons. The van der Waals surface area contributed by atoms with Gasteiger partial charge in [0.05, 0.1) is 24.9 Å². The number of unbranched alkanes of at least 4 members (excludes halogenated alkanes) is 1. The van der Waals surface area contributed by atoms with Crippen molar-refractivity contribution >= 4 is 17.6 Å². The van der Waals surface area contributed by atoms with Crippen molar-refractivity contribution in [2.24, 2.45) is 0 Å². The van der Waals surface area contributed by atoms with Gasteiger partial charge in [-0.25, -0.2) is 0 Å². The number of anilines is 1. The second kappa shape index (κ2) is 15.7. The first-order valence-electron chi connectivity index (χ1n) is 14.8. The first-order valence-corrected chi connectivity index (χ1v) is 14.8. The fourth-order valence-corrected chi connectivity index (χ4v) is 5.20. The number of amides is 1. The second-order valence-corrected chi connectivity index (χ2v) is 11.2. The van der Waals surface area contributed by atoms with E-state index in [9.17, 15) is 19.8 Å². The van der Waals surface area contributed by atoms with E-state index in [-0.39, 0.29) is 43.6 Å². The third kappa shape index (κ3) is 9.44. The fraction of sp³-hybridized carbons (Fsp3) is 0.412. The first kappa shape index (κ1) is 32.3. The summed E-state index contributed by atoms with van der Waals surface area (Å²) in [5.74, 6) is -1.02. The number of hydrogen-bond donors (Lipinski definition) is 4. The molecule has 4 N–H and O–H groups in total. The molecule has 43 heavy (non-hydrogen) atoms. The van der Waals surface area contributed by atoms with Gasteiger partial charge >= 0.3 is 5.97 Å². The Kier molecular flexibility index (Phi) is 11.8. The lowest BCUT2D eigenvalue weighted by Gasteiger charge is -2.39. The monoisotopic (exact) mass is 590 g/mol. The van der Waals surface area contributed by atoms with E-state index in [0.717, 1.165) is 22.3 Å². The van der Waals surface area contributed by atoms with Crippen LogP contribution in [0.15, 0.2) is 78.9 Å². The van der Waals surface area contributed by atoms with Crippen molar-refractivity contribution in [3.8, 4) is 0 Å². The van der Waals surface area contributed by atoms with Gasteiger partial charge < -0.3 is 30.1 Å². The van der Waals surface area contributed by atoms with E-state index in [1.165, 1.54) is 0 Å². The van der Waals surface area contributed by atoms with Crippen LogP contribution in [0.3, 0.4) is 0 Å². The number of aliphatic hydroxyl groups excluding tert-OH is 2. The van der Waals surface area contributed by atoms with Crippen LogP contribution in [-0.2, 0) is 25.7 Å². The average molecular weight is 591 g/mol. The Labute approximate surface area is 253 Å². The number of ether oxygens (including phenoxy) is 2. The molecule has 5 atom stereocenters. The van der Waals surface area contributed by atoms with Crippen molar-refractivity contribution < 1.29 is 34.4 Å². The number of carboxylic acid groups (broad SMARTS) is 1. The molecule has 0 bridgehead atoms. The summed E-state index contributed by atoms with van der Waals surface area (Å²) < 4.78 is 12.9. The van der Waals surface area contributed by atoms with Gasteiger partial charge in [-0.3, -0.25) is 14.5 Å². The maximum Gasteiger partial charge on any atom is 0.303 e. The minimum absolute atomic E-state index is 0.0299. The van der Waals surface area contributed by atoms with E-state index in [0.29, 0.717) is 31.5 Å². The number of carbonyl (C=O) groups excluding carboxylic acids is 1. The summed E-state index contributed by atoms with van der Waals surface area (Å²) in [4.78, 5) is 25.1. The lowest BCUT2D eigenvalue weighted by molar-refractivity contribution is -0.253. The number of hydrogen-bond acceptors (Lipinski definition) is 7. The summed E-state index contributed by atoms with van der Waals surface area (Å²) >= 11 is 0. The number of carboxylic acids is 1. The van der Waals surface area contributed by atoms with E-state index < -0.39 is 18.4 Å². The molecular weight excluding hydrogens is 548 g/mol. The van der Waals surface area contributed by atoms with Gasteiger partial charge in [-0.1, -0.05) is 66.7 Å². The van der Waals surface area contributed by atoms with Crippen LogP contribution in [0, 0.1) is 0 Å². The molecule has 0 aliphatic carbocycles. The molecule has 1 saturated heterocycles. The molecule has 5 unspecified atom stereocenters. The van der Waals surface area contributed by atoms with Gasteiger partial charge in [0.1, 0.15) is 0 Å². The van der Waals surface area contributed by atoms with Crippen molar-refractivity contribution in [3.05, 3.63) is 101 Å². The van der Waals surface area contributed by atoms with Crippen LogP contribution in [0.1, 0.15) is 79.8 Å². The smallest absolute Gasteiger partial charge is 0.303 e. The number of rotatable bonds is 14. The van der Waals surface area contributed by atoms with Crippen molar-refractivity contribution in [2.75, 3.05) is 18.9 Å². The Bertz CT molecular complexity index is 1300. The van der Waals surface area contributed by atoms with Gasteiger partial charge in [-0.2, -0.15) is 0 Å². The van der Waals surface area contributed by atoms with Crippen LogP contribution in [-0.4, -0.2) is 57.8 Å². The van der Waals surface area contributed by atoms with Crippen molar-refractivity contribution in [3.63, 3.8) is 0 Å². The van der Waals surface area contributed by atoms with Crippen LogP contribution in [0.5, 0.6) is 0 Å². The SMILES string of the molecule is CC(C(O)c1ccccc1)N(C)CC1CC(c2ccc(CO)cc2)OC(c2ccc(NC(=O)CCCCC(=O)O)cc2)O1. The molecule has 1 aliphatic heterocycles. The average Bonchev–Trinajstić information content (AvgIpc) is 3.03. The number of nitrogens with zero attached hydrogens (tertiary/aromatic N) is 1. The highest BCUT2D eigenvalue weighted by Gasteiger charge is 2.34. The molecule has 3 aromatic rings. The maximum absolute atomic E-state index is 12.3. The summed E-state index contributed by atoms with van der Waals surface area (Å²) in [7, 11) is 1.98. The Morgan fingerprint density at radius 3 is 2.23 bits per heavy atom. The lowest BCUT2D eigenvalue weighted by Crippen LogP contribution is -2.43. The van der Waals surface area contributed by atoms with Crippen molar-refractivity contribution in [2.45, 2.75) is 76.3 Å². The molecule has 0 spiro atoms. The topological polar surface area (TPSA) is 129 Å². The van der Waals surface area contributed by atoms with Crippen molar-refractivity contribution in [1.82, 2.24) is 4.90 Å². The molecular formula is C34H42N2O7. The van der Waals surface area contributed by atoms with Gasteiger partial charge in [-0.05, 0) is 55.6 Å². The largest absolute Gasteiger partial charge is 0.481 e. The molecule has 1 aliphatic rings. The van der Waals surface area contributed by atoms with E-state index >= 15 is 0 Å². The van der Waals surface area contributed by atoms with Crippen molar-refractivity contribution in [1.29, 1.82) is 0 Å². The normalized spacial score (nSPS) is 20.0. The molecule has 0 saturated carbocycles. The predicted molar refractivity (Wildman–Crippen MR) is 163 cm³/mol. The summed E-state index contributed by atoms with van der Waals surface area (Å²) in [5, 5.41) is 32.1. The lowest BCUT2D eigenvalue weighted by atomic mass is 9.98. The Morgan fingerprint density at radius 2 is 1.58 bits per heavy atom. The molecule has 3 aromatic carbocycles. The number of carbonyl (C=O) groups is 2. The van der Waals surface area contributed by atoms with Crippen LogP contribution < -0.4 is 5.32 Å². The third-order valence-corrected chi connectivity index (χ3v) is 7.91. The number of aliphatic hydroxyl groups is 2. The van der Waals surface area contributed by atoms with E-state index in [4.69, 9.17) is 14.6 Å². The number of benzene rings is 3. The third-order valence-electron chi connectivity index (χ3n) is 7.91. The van der Waals surface area contributed by atoms with E-state index in [1.54, 1.807) is 12.1 Å². The minimum atomic E-state index is -0.860. The van der Waals surface area contributed by atoms with Gasteiger partial charge in [0, 0.05) is 43.1 Å². The molecule has 1 amide bonds. The van der Waals surface area contributed by atoms with Gasteiger partial charge in [0.25, 0.3) is 0 Å². The number of likely N-dealkylation sites (N-methyl/N-ethyl adjacent to an activating group) is 1. The number of aliphatic carboxylic acids is 1. The highest BCUT2D eigenvalue weighted by molar-refractivity contribution is 5.90. The van der Waals surface area contributed by atoms with Crippen LogP contribution in [0.2, 0.25) is 0 Å². The zero-order chi connectivity index (χ0) is 30.8. The quantitative estimate of drug-likeness (QED) is 0.185. The van der Waals surface area contributed by atoms with Crippen LogP contribution >= 0.6 is 0 Å². The Morgan fingerprint density at radius 1 is 0.930 bits per heavy atom. The molecule has 1 fully saturated rings. The Hall–Kier alpha value is -3.60. The van der Waals surface area contributed by atoms with Crippen LogP contribution in [0.4, 0.5) is 5.69 Å². The summed E-state index contributed by atoms with van der Waals surface area (Å²) in [6, 6.07) is 24.5. The Balaban J connectivity index is 1.44. The molecule has 1 heterocycles. The molecule has 4 rings (SSSR count). The zero-order valence-electron chi connectivity index (χ0n) is 24.8. The van der Waals surface area contributed by atoms with E-state index in [2.05, 4.69) is 10.2 Å². The highest BCUT2D eigenvalue weighted by Crippen LogP contribution is 2.38. The summed E-state index contributed by atoms with van der Waals surface area (Å²) in [6.45, 7) is 2.54. The zero-order valence-corrected chi connectivity index (χ0v) is 24.8.